The van der Waals surface area contributed by atoms with Gasteiger partial charge in [0.2, 0.25) is 0 Å². The molecule has 0 unspecified atom stereocenters. The zero-order chi connectivity index (χ0) is 19.9. The average Bonchev–Trinajstić information content (AvgIpc) is 2.82. The molecule has 0 saturated carbocycles. The maximum atomic E-state index is 2.33. The van der Waals surface area contributed by atoms with Crippen LogP contribution in [0.2, 0.25) is 0 Å². The largest absolute Gasteiger partial charge is 0.0616 e. The smallest absolute Gasteiger partial charge is 0.00990 e. The van der Waals surface area contributed by atoms with Crippen molar-refractivity contribution in [3.63, 3.8) is 0 Å². The number of hydrogen-bond acceptors (Lipinski definition) is 0. The van der Waals surface area contributed by atoms with Crippen LogP contribution in [0.4, 0.5) is 0 Å². The zero-order valence-electron chi connectivity index (χ0n) is 16.5. The van der Waals surface area contributed by atoms with E-state index in [2.05, 4.69) is 121 Å². The summed E-state index contributed by atoms with van der Waals surface area (Å²) < 4.78 is 0. The molecule has 0 bridgehead atoms. The molecule has 6 aromatic rings. The summed E-state index contributed by atoms with van der Waals surface area (Å²) in [5.74, 6) is 0. The van der Waals surface area contributed by atoms with E-state index in [9.17, 15) is 0 Å². The highest BCUT2D eigenvalue weighted by molar-refractivity contribution is 6.05. The second-order valence-electron chi connectivity index (χ2n) is 7.83. The lowest BCUT2D eigenvalue weighted by Crippen LogP contribution is -1.85. The summed E-state index contributed by atoms with van der Waals surface area (Å²) in [6.45, 7) is 0. The van der Waals surface area contributed by atoms with Crippen LogP contribution in [0.1, 0.15) is 0 Å². The minimum Gasteiger partial charge on any atom is -0.0616 e. The lowest BCUT2D eigenvalue weighted by atomic mass is 9.92. The lowest BCUT2D eigenvalue weighted by molar-refractivity contribution is 1.63. The van der Waals surface area contributed by atoms with Crippen molar-refractivity contribution < 1.29 is 0 Å². The molecule has 0 aliphatic carbocycles. The van der Waals surface area contributed by atoms with E-state index in [1.54, 1.807) is 0 Å². The van der Waals surface area contributed by atoms with Crippen molar-refractivity contribution >= 4 is 32.3 Å². The highest BCUT2D eigenvalue weighted by Crippen LogP contribution is 2.35. The molecule has 6 aromatic carbocycles. The summed E-state index contributed by atoms with van der Waals surface area (Å²) in [5, 5.41) is 7.71. The fraction of sp³-hybridized carbons (Fsp3) is 0. The third kappa shape index (κ3) is 2.77. The van der Waals surface area contributed by atoms with Crippen LogP contribution in [-0.2, 0) is 0 Å². The summed E-state index contributed by atoms with van der Waals surface area (Å²) in [6.07, 6.45) is 0. The van der Waals surface area contributed by atoms with Gasteiger partial charge >= 0.3 is 0 Å². The Morgan fingerprint density at radius 2 is 0.833 bits per heavy atom. The van der Waals surface area contributed by atoms with Gasteiger partial charge in [-0.1, -0.05) is 103 Å². The Kier molecular flexibility index (Phi) is 3.89. The van der Waals surface area contributed by atoms with Gasteiger partial charge in [-0.3, -0.25) is 0 Å². The monoisotopic (exact) mass is 380 g/mol. The van der Waals surface area contributed by atoms with Crippen LogP contribution >= 0.6 is 0 Å². The van der Waals surface area contributed by atoms with Gasteiger partial charge in [-0.2, -0.15) is 0 Å². The molecule has 6 rings (SSSR count). The zero-order valence-corrected chi connectivity index (χ0v) is 16.5. The fourth-order valence-electron chi connectivity index (χ4n) is 4.55. The number of hydrogen-bond donors (Lipinski definition) is 0. The van der Waals surface area contributed by atoms with E-state index < -0.39 is 0 Å². The van der Waals surface area contributed by atoms with Gasteiger partial charge in [0.1, 0.15) is 0 Å². The molecule has 0 N–H and O–H groups in total. The molecule has 0 spiro atoms. The van der Waals surface area contributed by atoms with Gasteiger partial charge in [-0.05, 0) is 72.8 Å². The highest BCUT2D eigenvalue weighted by Gasteiger charge is 2.08. The van der Waals surface area contributed by atoms with Gasteiger partial charge < -0.3 is 0 Å². The molecular formula is C30H20. The van der Waals surface area contributed by atoms with Crippen LogP contribution in [0.25, 0.3) is 54.6 Å². The predicted molar refractivity (Wildman–Crippen MR) is 130 cm³/mol. The maximum Gasteiger partial charge on any atom is -0.00990 e. The van der Waals surface area contributed by atoms with E-state index in [0.29, 0.717) is 0 Å². The van der Waals surface area contributed by atoms with Crippen molar-refractivity contribution in [1.82, 2.24) is 0 Å². The van der Waals surface area contributed by atoms with Gasteiger partial charge in [-0.15, -0.1) is 0 Å². The molecule has 140 valence electrons. The van der Waals surface area contributed by atoms with E-state index in [1.165, 1.54) is 54.6 Å². The highest BCUT2D eigenvalue weighted by atomic mass is 14.1. The Balaban J connectivity index is 1.57. The summed E-state index contributed by atoms with van der Waals surface area (Å²) in [5.41, 5.74) is 5.06. The van der Waals surface area contributed by atoms with Gasteiger partial charge in [0.15, 0.2) is 0 Å². The first-order valence-corrected chi connectivity index (χ1v) is 10.4. The van der Waals surface area contributed by atoms with Gasteiger partial charge in [-0.25, -0.2) is 0 Å². The molecule has 0 radical (unpaired) electrons. The van der Waals surface area contributed by atoms with Crippen LogP contribution in [0.5, 0.6) is 0 Å². The third-order valence-electron chi connectivity index (χ3n) is 6.02. The Bertz CT molecular complexity index is 1530. The SMILES string of the molecule is c1cc(-c2cccc3ccccc23)cc(-c2cccc3cc4ccccc4cc23)c1. The molecule has 30 heavy (non-hydrogen) atoms. The second kappa shape index (κ2) is 6.86. The van der Waals surface area contributed by atoms with Crippen molar-refractivity contribution in [1.29, 1.82) is 0 Å². The molecule has 0 amide bonds. The van der Waals surface area contributed by atoms with Crippen molar-refractivity contribution in [3.8, 4) is 22.3 Å². The number of fused-ring (bicyclic) bond motifs is 3. The first-order chi connectivity index (χ1) is 14.9. The van der Waals surface area contributed by atoms with Crippen molar-refractivity contribution in [2.75, 3.05) is 0 Å². The number of rotatable bonds is 2. The Labute approximate surface area is 176 Å². The van der Waals surface area contributed by atoms with E-state index in [1.807, 2.05) is 0 Å². The molecule has 0 aliphatic heterocycles. The summed E-state index contributed by atoms with van der Waals surface area (Å²) in [7, 11) is 0. The van der Waals surface area contributed by atoms with E-state index >= 15 is 0 Å². The minimum absolute atomic E-state index is 1.25. The molecule has 0 nitrogen and oxygen atoms in total. The van der Waals surface area contributed by atoms with Crippen LogP contribution in [0.15, 0.2) is 121 Å². The predicted octanol–water partition coefficient (Wildman–Crippen LogP) is 8.48. The maximum absolute atomic E-state index is 2.33. The molecular weight excluding hydrogens is 360 g/mol. The van der Waals surface area contributed by atoms with Gasteiger partial charge in [0.25, 0.3) is 0 Å². The van der Waals surface area contributed by atoms with Crippen molar-refractivity contribution in [2.45, 2.75) is 0 Å². The Hall–Kier alpha value is -3.90. The molecule has 0 atom stereocenters. The average molecular weight is 380 g/mol. The molecule has 0 heterocycles. The van der Waals surface area contributed by atoms with Crippen LogP contribution < -0.4 is 0 Å². The Morgan fingerprint density at radius 3 is 1.60 bits per heavy atom. The molecule has 0 fully saturated rings. The Morgan fingerprint density at radius 1 is 0.300 bits per heavy atom. The molecule has 0 aliphatic rings. The second-order valence-corrected chi connectivity index (χ2v) is 7.83. The number of benzene rings is 6. The standard InChI is InChI=1S/C30H20/c1-2-10-23-20-30-26(18-22(23)9-1)14-7-17-29(30)25-13-5-12-24(19-25)28-16-6-11-21-8-3-4-15-27(21)28/h1-20H. The van der Waals surface area contributed by atoms with Crippen molar-refractivity contribution in [3.05, 3.63) is 121 Å². The van der Waals surface area contributed by atoms with Gasteiger partial charge in [0, 0.05) is 0 Å². The molecule has 0 heteroatoms. The quantitative estimate of drug-likeness (QED) is 0.264. The normalized spacial score (nSPS) is 11.3. The summed E-state index contributed by atoms with van der Waals surface area (Å²) in [6, 6.07) is 43.9. The van der Waals surface area contributed by atoms with Crippen LogP contribution in [-0.4, -0.2) is 0 Å². The summed E-state index contributed by atoms with van der Waals surface area (Å²) >= 11 is 0. The van der Waals surface area contributed by atoms with Gasteiger partial charge in [0.05, 0.1) is 0 Å². The van der Waals surface area contributed by atoms with E-state index in [0.717, 1.165) is 0 Å². The first kappa shape index (κ1) is 17.0. The lowest BCUT2D eigenvalue weighted by Gasteiger charge is -2.12. The van der Waals surface area contributed by atoms with Crippen molar-refractivity contribution in [2.24, 2.45) is 0 Å². The van der Waals surface area contributed by atoms with E-state index in [4.69, 9.17) is 0 Å². The van der Waals surface area contributed by atoms with Crippen LogP contribution in [0, 0.1) is 0 Å². The topological polar surface area (TPSA) is 0 Å². The minimum atomic E-state index is 1.25. The van der Waals surface area contributed by atoms with E-state index in [-0.39, 0.29) is 0 Å². The molecule has 0 aromatic heterocycles. The summed E-state index contributed by atoms with van der Waals surface area (Å²) in [4.78, 5) is 0. The third-order valence-corrected chi connectivity index (χ3v) is 6.02. The molecule has 0 saturated heterocycles. The van der Waals surface area contributed by atoms with Crippen LogP contribution in [0.3, 0.4) is 0 Å². The fourth-order valence-corrected chi connectivity index (χ4v) is 4.55. The first-order valence-electron chi connectivity index (χ1n) is 10.4.